The van der Waals surface area contributed by atoms with Gasteiger partial charge >= 0.3 is 0 Å². The van der Waals surface area contributed by atoms with Crippen LogP contribution < -0.4 is 4.74 Å². The number of likely N-dealkylation sites (tertiary alicyclic amines) is 1. The van der Waals surface area contributed by atoms with Crippen molar-refractivity contribution in [3.63, 3.8) is 0 Å². The third-order valence-electron chi connectivity index (χ3n) is 5.33. The lowest BCUT2D eigenvalue weighted by molar-refractivity contribution is 0.246. The van der Waals surface area contributed by atoms with Crippen molar-refractivity contribution in [2.24, 2.45) is 0 Å². The molecule has 1 fully saturated rings. The zero-order valence-corrected chi connectivity index (χ0v) is 16.2. The Morgan fingerprint density at radius 1 is 1.26 bits per heavy atom. The number of nitrogens with zero attached hydrogens (tertiary/aromatic N) is 3. The average molecular weight is 366 g/mol. The van der Waals surface area contributed by atoms with Crippen molar-refractivity contribution in [3.05, 3.63) is 53.0 Å². The van der Waals surface area contributed by atoms with Crippen LogP contribution in [0.3, 0.4) is 0 Å². The van der Waals surface area contributed by atoms with E-state index < -0.39 is 0 Å². The lowest BCUT2D eigenvalue weighted by Gasteiger charge is -2.24. The van der Waals surface area contributed by atoms with E-state index in [0.717, 1.165) is 48.0 Å². The van der Waals surface area contributed by atoms with E-state index in [4.69, 9.17) is 9.26 Å². The minimum atomic E-state index is 0.360. The second-order valence-corrected chi connectivity index (χ2v) is 7.09. The van der Waals surface area contributed by atoms with Crippen molar-refractivity contribution >= 4 is 0 Å². The number of H-pyrrole nitrogens is 1. The van der Waals surface area contributed by atoms with Crippen LogP contribution in [0.1, 0.15) is 48.4 Å². The molecule has 27 heavy (non-hydrogen) atoms. The molecule has 3 heterocycles. The molecule has 0 unspecified atom stereocenters. The van der Waals surface area contributed by atoms with Crippen molar-refractivity contribution in [3.8, 4) is 17.0 Å². The number of aromatic amines is 1. The van der Waals surface area contributed by atoms with Gasteiger partial charge in [-0.1, -0.05) is 5.16 Å². The Labute approximate surface area is 159 Å². The summed E-state index contributed by atoms with van der Waals surface area (Å²) in [5.74, 6) is 1.82. The van der Waals surface area contributed by atoms with E-state index in [1.807, 2.05) is 39.1 Å². The number of nitrogens with one attached hydrogen (secondary N) is 1. The summed E-state index contributed by atoms with van der Waals surface area (Å²) in [5.41, 5.74) is 5.65. The molecule has 1 N–H and O–H groups in total. The molecule has 2 aromatic heterocycles. The van der Waals surface area contributed by atoms with E-state index in [2.05, 4.69) is 32.4 Å². The normalized spacial score (nSPS) is 17.5. The van der Waals surface area contributed by atoms with E-state index in [9.17, 15) is 0 Å². The van der Waals surface area contributed by atoms with Gasteiger partial charge in [0, 0.05) is 29.3 Å². The van der Waals surface area contributed by atoms with Crippen molar-refractivity contribution in [1.29, 1.82) is 0 Å². The van der Waals surface area contributed by atoms with E-state index in [1.165, 1.54) is 17.5 Å². The topological polar surface area (TPSA) is 67.2 Å². The second-order valence-electron chi connectivity index (χ2n) is 7.09. The molecule has 1 aromatic carbocycles. The third kappa shape index (κ3) is 3.49. The standard InChI is InChI=1S/C21H26N4O2/c1-4-26-18-9-7-16(8-10-18)21-17(12-22-23-21)13-25-11-5-6-19(25)20-14(2)24-27-15(20)3/h7-10,12,19H,4-6,11,13H2,1-3H3,(H,22,23)/t19-/m0/s1. The van der Waals surface area contributed by atoms with Gasteiger partial charge in [0.25, 0.3) is 0 Å². The molecular weight excluding hydrogens is 340 g/mol. The first kappa shape index (κ1) is 17.8. The molecule has 6 nitrogen and oxygen atoms in total. The first-order valence-electron chi connectivity index (χ1n) is 9.59. The molecule has 0 radical (unpaired) electrons. The Bertz CT molecular complexity index is 878. The minimum absolute atomic E-state index is 0.360. The fourth-order valence-corrected chi connectivity index (χ4v) is 4.09. The van der Waals surface area contributed by atoms with Crippen LogP contribution in [0.25, 0.3) is 11.3 Å². The van der Waals surface area contributed by atoms with Crippen LogP contribution in [0.5, 0.6) is 5.75 Å². The molecule has 4 rings (SSSR count). The van der Waals surface area contributed by atoms with Gasteiger partial charge in [-0.05, 0) is 64.4 Å². The van der Waals surface area contributed by atoms with Crippen LogP contribution in [0.15, 0.2) is 35.0 Å². The van der Waals surface area contributed by atoms with Crippen molar-refractivity contribution in [1.82, 2.24) is 20.3 Å². The summed E-state index contributed by atoms with van der Waals surface area (Å²) in [6, 6.07) is 8.53. The highest BCUT2D eigenvalue weighted by Crippen LogP contribution is 2.37. The summed E-state index contributed by atoms with van der Waals surface area (Å²) in [6.45, 7) is 8.63. The maximum absolute atomic E-state index is 5.54. The molecule has 1 saturated heterocycles. The van der Waals surface area contributed by atoms with Gasteiger partial charge in [0.1, 0.15) is 11.5 Å². The summed E-state index contributed by atoms with van der Waals surface area (Å²) in [5, 5.41) is 11.6. The van der Waals surface area contributed by atoms with Gasteiger partial charge in [-0.25, -0.2) is 0 Å². The number of rotatable bonds is 6. The van der Waals surface area contributed by atoms with Gasteiger partial charge in [-0.3, -0.25) is 10.00 Å². The summed E-state index contributed by atoms with van der Waals surface area (Å²) in [6.07, 6.45) is 4.26. The summed E-state index contributed by atoms with van der Waals surface area (Å²) >= 11 is 0. The fraction of sp³-hybridized carbons (Fsp3) is 0.429. The molecular formula is C21H26N4O2. The quantitative estimate of drug-likeness (QED) is 0.699. The SMILES string of the molecule is CCOc1ccc(-c2[nH]ncc2CN2CCC[C@H]2c2c(C)noc2C)cc1. The molecule has 1 aliphatic rings. The fourth-order valence-electron chi connectivity index (χ4n) is 4.09. The zero-order chi connectivity index (χ0) is 18.8. The highest BCUT2D eigenvalue weighted by Gasteiger charge is 2.31. The molecule has 0 spiro atoms. The molecule has 0 amide bonds. The van der Waals surface area contributed by atoms with Crippen LogP contribution in [0, 0.1) is 13.8 Å². The van der Waals surface area contributed by atoms with Crippen molar-refractivity contribution < 1.29 is 9.26 Å². The number of aryl methyl sites for hydroxylation is 2. The zero-order valence-electron chi connectivity index (χ0n) is 16.2. The van der Waals surface area contributed by atoms with E-state index in [1.54, 1.807) is 0 Å². The highest BCUT2D eigenvalue weighted by atomic mass is 16.5. The predicted octanol–water partition coefficient (Wildman–Crippen LogP) is 4.42. The molecule has 1 atom stereocenters. The first-order valence-corrected chi connectivity index (χ1v) is 9.59. The largest absolute Gasteiger partial charge is 0.494 e. The predicted molar refractivity (Wildman–Crippen MR) is 104 cm³/mol. The Balaban J connectivity index is 1.56. The van der Waals surface area contributed by atoms with Crippen LogP contribution in [0.4, 0.5) is 0 Å². The van der Waals surface area contributed by atoms with E-state index >= 15 is 0 Å². The maximum atomic E-state index is 5.54. The number of benzene rings is 1. The average Bonchev–Trinajstić information content (AvgIpc) is 3.38. The summed E-state index contributed by atoms with van der Waals surface area (Å²) in [7, 11) is 0. The Morgan fingerprint density at radius 2 is 2.07 bits per heavy atom. The lowest BCUT2D eigenvalue weighted by atomic mass is 10.0. The summed E-state index contributed by atoms with van der Waals surface area (Å²) in [4.78, 5) is 2.51. The van der Waals surface area contributed by atoms with Crippen LogP contribution >= 0.6 is 0 Å². The number of hydrogen-bond donors (Lipinski definition) is 1. The minimum Gasteiger partial charge on any atom is -0.494 e. The molecule has 142 valence electrons. The van der Waals surface area contributed by atoms with Gasteiger partial charge in [0.05, 0.1) is 24.2 Å². The smallest absolute Gasteiger partial charge is 0.138 e. The van der Waals surface area contributed by atoms with Crippen LogP contribution in [-0.2, 0) is 6.54 Å². The lowest BCUT2D eigenvalue weighted by Crippen LogP contribution is -2.23. The Morgan fingerprint density at radius 3 is 2.78 bits per heavy atom. The van der Waals surface area contributed by atoms with Crippen LogP contribution in [0.2, 0.25) is 0 Å². The number of aromatic nitrogens is 3. The molecule has 1 aliphatic heterocycles. The van der Waals surface area contributed by atoms with Gasteiger partial charge in [0.2, 0.25) is 0 Å². The number of ether oxygens (including phenoxy) is 1. The van der Waals surface area contributed by atoms with Crippen molar-refractivity contribution in [2.45, 2.75) is 46.2 Å². The van der Waals surface area contributed by atoms with Gasteiger partial charge < -0.3 is 9.26 Å². The second kappa shape index (κ2) is 7.56. The molecule has 0 saturated carbocycles. The highest BCUT2D eigenvalue weighted by molar-refractivity contribution is 5.63. The molecule has 0 aliphatic carbocycles. The van der Waals surface area contributed by atoms with Gasteiger partial charge in [0.15, 0.2) is 0 Å². The van der Waals surface area contributed by atoms with Crippen LogP contribution in [-0.4, -0.2) is 33.4 Å². The monoisotopic (exact) mass is 366 g/mol. The third-order valence-corrected chi connectivity index (χ3v) is 5.33. The molecule has 3 aromatic rings. The summed E-state index contributed by atoms with van der Waals surface area (Å²) < 4.78 is 11.0. The van der Waals surface area contributed by atoms with Gasteiger partial charge in [-0.2, -0.15) is 5.10 Å². The van der Waals surface area contributed by atoms with E-state index in [-0.39, 0.29) is 0 Å². The van der Waals surface area contributed by atoms with E-state index in [0.29, 0.717) is 12.6 Å². The Kier molecular flexibility index (Phi) is 4.99. The molecule has 0 bridgehead atoms. The molecule has 6 heteroatoms. The number of hydrogen-bond acceptors (Lipinski definition) is 5. The Hall–Kier alpha value is -2.60. The van der Waals surface area contributed by atoms with Gasteiger partial charge in [-0.15, -0.1) is 0 Å². The van der Waals surface area contributed by atoms with Crippen molar-refractivity contribution in [2.75, 3.05) is 13.2 Å². The maximum Gasteiger partial charge on any atom is 0.138 e. The first-order chi connectivity index (χ1) is 13.2.